The zero-order chi connectivity index (χ0) is 11.5. The highest BCUT2D eigenvalue weighted by Gasteiger charge is 2.04. The maximum atomic E-state index is 5.33. The maximum Gasteiger partial charge on any atom is 0.204 e. The monoisotopic (exact) mass is 230 g/mol. The molecular formula is C13H14N2S. The second kappa shape index (κ2) is 4.58. The van der Waals surface area contributed by atoms with Crippen LogP contribution in [0.3, 0.4) is 0 Å². The van der Waals surface area contributed by atoms with E-state index in [-0.39, 0.29) is 0 Å². The van der Waals surface area contributed by atoms with Crippen molar-refractivity contribution in [3.05, 3.63) is 52.6 Å². The Morgan fingerprint density at radius 1 is 1.25 bits per heavy atom. The van der Waals surface area contributed by atoms with Gasteiger partial charge in [-0.1, -0.05) is 25.1 Å². The van der Waals surface area contributed by atoms with Crippen LogP contribution in [0.25, 0.3) is 5.69 Å². The number of para-hydroxylation sites is 1. The first kappa shape index (κ1) is 11.0. The smallest absolute Gasteiger partial charge is 0.204 e. The van der Waals surface area contributed by atoms with Crippen LogP contribution in [0.2, 0.25) is 0 Å². The first-order chi connectivity index (χ1) is 7.72. The number of aryl methyl sites for hydroxylation is 2. The van der Waals surface area contributed by atoms with Crippen molar-refractivity contribution in [2.45, 2.75) is 20.3 Å². The van der Waals surface area contributed by atoms with E-state index in [0.29, 0.717) is 4.77 Å². The molecule has 0 unspecified atom stereocenters. The van der Waals surface area contributed by atoms with Gasteiger partial charge in [0.15, 0.2) is 0 Å². The van der Waals surface area contributed by atoms with Gasteiger partial charge in [0, 0.05) is 17.1 Å². The second-order valence-electron chi connectivity index (χ2n) is 3.70. The number of rotatable bonds is 2. The summed E-state index contributed by atoms with van der Waals surface area (Å²) in [5.41, 5.74) is 3.26. The Morgan fingerprint density at radius 2 is 1.94 bits per heavy atom. The van der Waals surface area contributed by atoms with Gasteiger partial charge < -0.3 is 0 Å². The van der Waals surface area contributed by atoms with Crippen molar-refractivity contribution >= 4 is 12.2 Å². The molecule has 16 heavy (non-hydrogen) atoms. The van der Waals surface area contributed by atoms with E-state index in [1.54, 1.807) is 0 Å². The zero-order valence-electron chi connectivity index (χ0n) is 9.47. The summed E-state index contributed by atoms with van der Waals surface area (Å²) < 4.78 is 2.66. The van der Waals surface area contributed by atoms with Crippen LogP contribution in [0.15, 0.2) is 36.4 Å². The van der Waals surface area contributed by atoms with E-state index in [4.69, 9.17) is 12.2 Å². The molecule has 0 saturated carbocycles. The molecule has 1 aromatic heterocycles. The van der Waals surface area contributed by atoms with Crippen molar-refractivity contribution in [3.63, 3.8) is 0 Å². The van der Waals surface area contributed by atoms with Gasteiger partial charge in [0.1, 0.15) is 0 Å². The largest absolute Gasteiger partial charge is 0.290 e. The van der Waals surface area contributed by atoms with Gasteiger partial charge in [0.2, 0.25) is 4.77 Å². The van der Waals surface area contributed by atoms with Crippen molar-refractivity contribution in [3.8, 4) is 5.69 Å². The minimum Gasteiger partial charge on any atom is -0.290 e. The molecule has 0 N–H and O–H groups in total. The molecule has 1 heterocycles. The highest BCUT2D eigenvalue weighted by Crippen LogP contribution is 2.13. The van der Waals surface area contributed by atoms with Gasteiger partial charge in [-0.25, -0.2) is 4.98 Å². The molecule has 0 aliphatic heterocycles. The van der Waals surface area contributed by atoms with Crippen molar-refractivity contribution in [1.29, 1.82) is 0 Å². The first-order valence-corrected chi connectivity index (χ1v) is 5.78. The molecule has 3 heteroatoms. The fraction of sp³-hybridized carbons (Fsp3) is 0.231. The zero-order valence-corrected chi connectivity index (χ0v) is 10.3. The van der Waals surface area contributed by atoms with E-state index in [2.05, 4.69) is 18.0 Å². The van der Waals surface area contributed by atoms with Crippen molar-refractivity contribution in [2.75, 3.05) is 0 Å². The molecular weight excluding hydrogens is 216 g/mol. The van der Waals surface area contributed by atoms with Crippen molar-refractivity contribution in [2.24, 2.45) is 0 Å². The Bertz CT molecular complexity index is 544. The molecule has 2 rings (SSSR count). The van der Waals surface area contributed by atoms with Gasteiger partial charge in [-0.3, -0.25) is 4.57 Å². The average molecular weight is 230 g/mol. The Hall–Kier alpha value is -1.48. The van der Waals surface area contributed by atoms with Crippen LogP contribution in [0.1, 0.15) is 18.3 Å². The Morgan fingerprint density at radius 3 is 2.56 bits per heavy atom. The van der Waals surface area contributed by atoms with Crippen molar-refractivity contribution in [1.82, 2.24) is 9.55 Å². The summed E-state index contributed by atoms with van der Waals surface area (Å²) >= 11 is 5.33. The van der Waals surface area contributed by atoms with Crippen LogP contribution >= 0.6 is 12.2 Å². The topological polar surface area (TPSA) is 17.8 Å². The third-order valence-corrected chi connectivity index (χ3v) is 2.78. The lowest BCUT2D eigenvalue weighted by Gasteiger charge is -2.12. The minimum atomic E-state index is 0.628. The lowest BCUT2D eigenvalue weighted by molar-refractivity contribution is 0.845. The highest BCUT2D eigenvalue weighted by atomic mass is 32.1. The number of aromatic nitrogens is 2. The second-order valence-corrected chi connectivity index (χ2v) is 4.06. The third kappa shape index (κ3) is 2.04. The lowest BCUT2D eigenvalue weighted by atomic mass is 10.2. The summed E-state index contributed by atoms with van der Waals surface area (Å²) in [6, 6.07) is 12.2. The molecule has 0 radical (unpaired) electrons. The maximum absolute atomic E-state index is 5.33. The normalized spacial score (nSPS) is 10.4. The molecule has 0 bridgehead atoms. The number of benzene rings is 1. The van der Waals surface area contributed by atoms with Crippen LogP contribution in [0, 0.1) is 11.7 Å². The highest BCUT2D eigenvalue weighted by molar-refractivity contribution is 7.71. The number of nitrogens with zero attached hydrogens (tertiary/aromatic N) is 2. The van der Waals surface area contributed by atoms with Crippen LogP contribution in [0.5, 0.6) is 0 Å². The fourth-order valence-electron chi connectivity index (χ4n) is 1.78. The van der Waals surface area contributed by atoms with E-state index in [1.807, 2.05) is 41.8 Å². The van der Waals surface area contributed by atoms with Gasteiger partial charge in [0.25, 0.3) is 0 Å². The Labute approximate surface area is 101 Å². The van der Waals surface area contributed by atoms with Crippen LogP contribution in [-0.2, 0) is 6.42 Å². The molecule has 82 valence electrons. The third-order valence-electron chi connectivity index (χ3n) is 2.50. The molecule has 0 atom stereocenters. The standard InChI is InChI=1S/C13H14N2S/c1-3-11-9-10(2)14-13(16)15(11)12-7-5-4-6-8-12/h4-9H,3H2,1-2H3. The molecule has 0 fully saturated rings. The molecule has 0 aliphatic rings. The van der Waals surface area contributed by atoms with E-state index in [1.165, 1.54) is 5.69 Å². The predicted octanol–water partition coefficient (Wildman–Crippen LogP) is 3.47. The summed E-state index contributed by atoms with van der Waals surface area (Å²) in [6.45, 7) is 4.10. The quantitative estimate of drug-likeness (QED) is 0.735. The van der Waals surface area contributed by atoms with E-state index in [0.717, 1.165) is 17.8 Å². The predicted molar refractivity (Wildman–Crippen MR) is 68.5 cm³/mol. The van der Waals surface area contributed by atoms with Crippen LogP contribution < -0.4 is 0 Å². The molecule has 0 aliphatic carbocycles. The molecule has 0 spiro atoms. The number of hydrogen-bond acceptors (Lipinski definition) is 2. The van der Waals surface area contributed by atoms with Crippen molar-refractivity contribution < 1.29 is 0 Å². The van der Waals surface area contributed by atoms with E-state index < -0.39 is 0 Å². The van der Waals surface area contributed by atoms with E-state index >= 15 is 0 Å². The molecule has 0 saturated heterocycles. The minimum absolute atomic E-state index is 0.628. The summed E-state index contributed by atoms with van der Waals surface area (Å²) in [5, 5.41) is 0. The lowest BCUT2D eigenvalue weighted by Crippen LogP contribution is -2.07. The van der Waals surface area contributed by atoms with Gasteiger partial charge in [-0.15, -0.1) is 0 Å². The summed E-state index contributed by atoms with van der Waals surface area (Å²) in [4.78, 5) is 4.34. The number of hydrogen-bond donors (Lipinski definition) is 0. The average Bonchev–Trinajstić information content (AvgIpc) is 2.29. The van der Waals surface area contributed by atoms with E-state index in [9.17, 15) is 0 Å². The van der Waals surface area contributed by atoms with Gasteiger partial charge >= 0.3 is 0 Å². The first-order valence-electron chi connectivity index (χ1n) is 5.37. The van der Waals surface area contributed by atoms with Crippen LogP contribution in [-0.4, -0.2) is 9.55 Å². The Balaban J connectivity index is 2.69. The molecule has 0 amide bonds. The van der Waals surface area contributed by atoms with Gasteiger partial charge in [-0.05, 0) is 43.8 Å². The molecule has 1 aromatic carbocycles. The summed E-state index contributed by atoms with van der Waals surface area (Å²) in [5.74, 6) is 0. The SMILES string of the molecule is CCc1cc(C)nc(=S)n1-c1ccccc1. The fourth-order valence-corrected chi connectivity index (χ4v) is 2.14. The Kier molecular flexibility index (Phi) is 3.15. The molecule has 2 aromatic rings. The van der Waals surface area contributed by atoms with Gasteiger partial charge in [-0.2, -0.15) is 0 Å². The summed E-state index contributed by atoms with van der Waals surface area (Å²) in [6.07, 6.45) is 0.946. The molecule has 2 nitrogen and oxygen atoms in total. The van der Waals surface area contributed by atoms with Crippen LogP contribution in [0.4, 0.5) is 0 Å². The van der Waals surface area contributed by atoms with Gasteiger partial charge in [0.05, 0.1) is 0 Å². The summed E-state index contributed by atoms with van der Waals surface area (Å²) in [7, 11) is 0.